The fourth-order valence-corrected chi connectivity index (χ4v) is 27.8. The first-order valence-corrected chi connectivity index (χ1v) is 58.5. The predicted molar refractivity (Wildman–Crippen MR) is 568 cm³/mol. The highest BCUT2D eigenvalue weighted by atomic mass is 35.5. The van der Waals surface area contributed by atoms with Gasteiger partial charge in [0.05, 0.1) is 18.1 Å². The van der Waals surface area contributed by atoms with Gasteiger partial charge in [0.15, 0.2) is 0 Å². The van der Waals surface area contributed by atoms with E-state index in [1.54, 1.807) is 44.7 Å². The molecule has 18 atom stereocenters. The van der Waals surface area contributed by atoms with Crippen LogP contribution in [0, 0.1) is 98.1 Å². The Balaban J connectivity index is 0.000000230. The largest absolute Gasteiger partial charge is 0.363 e. The molecule has 3 unspecified atom stereocenters. The highest BCUT2D eigenvalue weighted by Gasteiger charge is 2.75. The fourth-order valence-electron chi connectivity index (χ4n) is 22.7. The molecule has 0 spiro atoms. The van der Waals surface area contributed by atoms with Crippen LogP contribution in [0.4, 0.5) is 14.4 Å². The monoisotopic (exact) mass is 2200 g/mol. The zero-order valence-electron chi connectivity index (χ0n) is 91.2. The molecule has 0 bridgehead atoms. The summed E-state index contributed by atoms with van der Waals surface area (Å²) >= 11 is 13.1. The Labute approximate surface area is 897 Å². The molecule has 150 heavy (non-hydrogen) atoms. The molecule has 844 valence electrons. The lowest BCUT2D eigenvalue weighted by Crippen LogP contribution is -2.63. The third kappa shape index (κ3) is 29.9. The molecule has 12 aliphatic rings. The smallest absolute Gasteiger partial charge is 0.315 e. The van der Waals surface area contributed by atoms with E-state index in [0.717, 1.165) is 77.0 Å². The second-order valence-electron chi connectivity index (χ2n) is 48.6. The number of alkyl halides is 2. The van der Waals surface area contributed by atoms with E-state index in [-0.39, 0.29) is 123 Å². The molecule has 47 heteroatoms. The topological polar surface area (TPSA) is 555 Å². The normalized spacial score (nSPS) is 26.6. The SMILES string of the molecule is C#CCCC(NC(=O)[C@@H]1[C@@H]2[C@H](CN1C(=O)[C@@H](NC(=O)N[C@H](CN1CCCN(C)S1(=O)=O)C(C)(C)C)C1CCCCC1)C2(C)C)C(=O)C(=O)NCC=C.C=CCNC(=O)C(=O)C(CCCC)NC(=O)[C@@H]1[C@@H]2[C@H](CN1C(=O)[C@@H](NC(=O)N[C@H](CN1CCCNS1(=O)=O)C(C)(C)C)C(C)(C)C)C2(Cl)Cl.CN1CCCN(C[C@@H](NC(=O)N[C@H](C(=O)N2C[C@H]3[C@@H]([C@H]2C(=O)NC(CC2CC2)C(=O)C(N)=O)C3(C)C)C2CCCCC2)C(C)(C)C)S1(=O)=O. The minimum atomic E-state index is -3.70. The molecule has 0 aromatic carbocycles. The summed E-state index contributed by atoms with van der Waals surface area (Å²) in [6.07, 6.45) is 22.8. The molecule has 0 radical (unpaired) electrons. The zero-order chi connectivity index (χ0) is 112. The lowest BCUT2D eigenvalue weighted by Gasteiger charge is -2.40. The Bertz CT molecular complexity index is 5370. The molecule has 0 aromatic rings. The number of carbonyl (C=O) groups is 15. The van der Waals surface area contributed by atoms with E-state index in [0.29, 0.717) is 90.9 Å². The van der Waals surface area contributed by atoms with Gasteiger partial charge in [0.1, 0.15) is 40.6 Å². The number of carbonyl (C=O) groups excluding carboxylic acids is 15. The summed E-state index contributed by atoms with van der Waals surface area (Å²) in [6, 6.07) is -12.8. The maximum absolute atomic E-state index is 14.7. The van der Waals surface area contributed by atoms with Crippen LogP contribution in [-0.4, -0.2) is 333 Å². The highest BCUT2D eigenvalue weighted by Crippen LogP contribution is 2.67. The standard InChI is InChI=1S/C37H59N7O7S.C34H57N7O7S.C32H53Cl2N7O7S/c1-9-11-18-26(31(45)33(47)38-19-10-2)39-32(46)30-28-25(37(28,6)7)22-44(30)34(48)29(24-16-13-12-14-17-24)41-35(49)40-27(36(3,4)5)23-43-21-15-20-42(8)52(43,50)51;1-33(2,3)24(19-40-16-10-15-39(6)49(40,47)48)37-32(46)38-26(21-11-8-7-9-12-21)31(45)41-18-22-25(34(22,4)5)27(41)30(44)36-23(17-20-13-14-20)28(42)29(35)43;1-9-11-13-20(24(42)27(44)35-14-10-2)37-26(43)23-22-19(32(22,33)34)17-41(23)28(45)25(31(6,7)8)39-29(46)38-21(30(3,4)5)18-40-16-12-15-36-49(40,47)48/h1,10,24-30H,2,11-23H2,3-8H3,(H,38,47)(H,39,46)(H2,40,41,49);20-27H,7-19H2,1-6H3,(H2,35,43)(H,36,44)(H2,37,38,46);10,19-23,25,36H,2,9,11-18H2,1,3-8H3,(H,35,44)(H,37,43)(H2,38,39,46)/t25-,26?,27+,28-,29-,30-;22-,23?,24+,25-,26-,27-;19-,20?,21+,22-,23-,25+/m000/s1. The molecular formula is C103H169Cl2N21O21S3. The number of hydrogen-bond acceptors (Lipinski definition) is 21. The van der Waals surface area contributed by atoms with E-state index in [1.807, 2.05) is 83.1 Å². The van der Waals surface area contributed by atoms with Crippen LogP contribution in [0.3, 0.4) is 0 Å². The first-order valence-electron chi connectivity index (χ1n) is 53.5. The lowest BCUT2D eigenvalue weighted by molar-refractivity contribution is -0.144. The second kappa shape index (κ2) is 50.0. The van der Waals surface area contributed by atoms with Gasteiger partial charge in [0.25, 0.3) is 48.3 Å². The van der Waals surface area contributed by atoms with Crippen molar-refractivity contribution in [2.75, 3.05) is 106 Å². The summed E-state index contributed by atoms with van der Waals surface area (Å²) in [5.41, 5.74) is 2.51. The van der Waals surface area contributed by atoms with Gasteiger partial charge in [-0.15, -0.1) is 48.7 Å². The van der Waals surface area contributed by atoms with Gasteiger partial charge in [-0.05, 0) is 138 Å². The van der Waals surface area contributed by atoms with Gasteiger partial charge in [0.2, 0.25) is 52.8 Å². The minimum Gasteiger partial charge on any atom is -0.363 e. The van der Waals surface area contributed by atoms with E-state index in [9.17, 15) is 97.2 Å². The van der Waals surface area contributed by atoms with Crippen molar-refractivity contribution in [1.29, 1.82) is 0 Å². The quantitative estimate of drug-likeness (QED) is 0.0167. The highest BCUT2D eigenvalue weighted by molar-refractivity contribution is 7.87. The minimum absolute atomic E-state index is 0.0230. The molecule has 0 aromatic heterocycles. The number of nitrogens with two attached hydrogens (primary N) is 1. The van der Waals surface area contributed by atoms with E-state index < -0.39 is 218 Å². The number of likely N-dealkylation sites (tertiary alicyclic amines) is 3. The number of nitrogens with zero attached hydrogens (tertiary/aromatic N) is 8. The first kappa shape index (κ1) is 123. The molecule has 6 heterocycles. The maximum Gasteiger partial charge on any atom is 0.315 e. The molecular weight excluding hydrogens is 2030 g/mol. The van der Waals surface area contributed by atoms with Crippen LogP contribution in [0.2, 0.25) is 0 Å². The number of halogens is 2. The zero-order valence-corrected chi connectivity index (χ0v) is 95.2. The summed E-state index contributed by atoms with van der Waals surface area (Å²) in [5, 5.41) is 30.8. The number of urea groups is 3. The Morgan fingerprint density at radius 3 is 1.21 bits per heavy atom. The summed E-state index contributed by atoms with van der Waals surface area (Å²) in [4.78, 5) is 207. The summed E-state index contributed by atoms with van der Waals surface area (Å²) < 4.78 is 85.4. The first-order chi connectivity index (χ1) is 69.8. The molecule has 6 saturated carbocycles. The number of amides is 15. The van der Waals surface area contributed by atoms with Crippen LogP contribution < -0.4 is 68.9 Å². The maximum atomic E-state index is 14.7. The van der Waals surface area contributed by atoms with Crippen LogP contribution in [0.1, 0.15) is 253 Å². The number of terminal acetylenes is 1. The van der Waals surface area contributed by atoms with E-state index in [4.69, 9.17) is 35.4 Å². The van der Waals surface area contributed by atoms with Crippen LogP contribution >= 0.6 is 23.2 Å². The number of ketones is 3. The average molecular weight is 2200 g/mol. The van der Waals surface area contributed by atoms with Crippen molar-refractivity contribution in [3.8, 4) is 12.3 Å². The molecule has 6 aliphatic heterocycles. The lowest BCUT2D eigenvalue weighted by atomic mass is 9.83. The number of nitrogens with one attached hydrogen (secondary N) is 12. The molecule has 42 nitrogen and oxygen atoms in total. The number of primary amides is 1. The van der Waals surface area contributed by atoms with Gasteiger partial charge >= 0.3 is 18.1 Å². The second-order valence-corrected chi connectivity index (χ2v) is 55.8. The van der Waals surface area contributed by atoms with Crippen LogP contribution in [0.15, 0.2) is 25.3 Å². The van der Waals surface area contributed by atoms with Crippen LogP contribution in [0.25, 0.3) is 0 Å². The van der Waals surface area contributed by atoms with Crippen molar-refractivity contribution in [1.82, 2.24) is 99.4 Å². The Morgan fingerprint density at radius 2 is 0.833 bits per heavy atom. The molecule has 6 saturated heterocycles. The van der Waals surface area contributed by atoms with Crippen molar-refractivity contribution in [3.05, 3.63) is 25.3 Å². The third-order valence-electron chi connectivity index (χ3n) is 32.9. The Morgan fingerprint density at radius 1 is 0.460 bits per heavy atom. The average Bonchev–Trinajstić information content (AvgIpc) is 1.53. The number of piperidine rings is 3. The van der Waals surface area contributed by atoms with Crippen LogP contribution in [0.5, 0.6) is 0 Å². The summed E-state index contributed by atoms with van der Waals surface area (Å²) in [7, 11) is -7.93. The summed E-state index contributed by atoms with van der Waals surface area (Å²) in [6.45, 7) is 43.0. The van der Waals surface area contributed by atoms with Crippen molar-refractivity contribution in [2.24, 2.45) is 91.5 Å². The van der Waals surface area contributed by atoms with Crippen molar-refractivity contribution in [3.63, 3.8) is 0 Å². The van der Waals surface area contributed by atoms with E-state index in [2.05, 4.69) is 96.1 Å². The summed E-state index contributed by atoms with van der Waals surface area (Å²) in [5.74, 6) is -7.06. The molecule has 12 rings (SSSR count). The molecule has 15 amide bonds. The van der Waals surface area contributed by atoms with Crippen LogP contribution in [-0.2, 0) is 88.2 Å². The third-order valence-corrected chi connectivity index (χ3v) is 39.4. The predicted octanol–water partition coefficient (Wildman–Crippen LogP) is 4.97. The molecule has 12 fully saturated rings. The van der Waals surface area contributed by atoms with Gasteiger partial charge in [-0.2, -0.15) is 46.8 Å². The van der Waals surface area contributed by atoms with Crippen molar-refractivity contribution < 1.29 is 97.2 Å². The molecule has 6 aliphatic carbocycles. The Kier molecular flexibility index (Phi) is 41.0. The van der Waals surface area contributed by atoms with Crippen molar-refractivity contribution >= 4 is 142 Å². The number of fused-ring (bicyclic) bond motifs is 3. The van der Waals surface area contributed by atoms with Crippen molar-refractivity contribution in [2.45, 2.75) is 329 Å². The number of Topliss-reactive ketones (excluding diaryl/α,β-unsaturated/α-hetero) is 3. The van der Waals surface area contributed by atoms with E-state index >= 15 is 0 Å². The molecule has 14 N–H and O–H groups in total. The number of unbranched alkanes of at least 4 members (excludes halogenated alkanes) is 1. The van der Waals surface area contributed by atoms with Gasteiger partial charge in [-0.1, -0.05) is 194 Å². The van der Waals surface area contributed by atoms with Gasteiger partial charge in [0, 0.05) is 142 Å². The van der Waals surface area contributed by atoms with E-state index in [1.165, 1.54) is 38.6 Å². The van der Waals surface area contributed by atoms with Gasteiger partial charge in [-0.3, -0.25) is 57.5 Å². The Hall–Kier alpha value is -8.72. The van der Waals surface area contributed by atoms with Gasteiger partial charge in [-0.25, -0.2) is 19.1 Å². The number of hydrogen-bond donors (Lipinski definition) is 13. The fraction of sp³-hybridized carbons (Fsp3) is 0.796. The number of rotatable bonds is 40. The van der Waals surface area contributed by atoms with Gasteiger partial charge < -0.3 is 78.9 Å².